The Morgan fingerprint density at radius 2 is 2.00 bits per heavy atom. The van der Waals surface area contributed by atoms with Gasteiger partial charge in [0, 0.05) is 6.61 Å². The maximum atomic E-state index is 5.43. The number of ether oxygens (including phenoxy) is 2. The molecule has 0 aliphatic heterocycles. The normalized spacial score (nSPS) is 12.1. The molecule has 1 aromatic rings. The van der Waals surface area contributed by atoms with E-state index < -0.39 is 0 Å². The molecule has 92 valence electrons. The summed E-state index contributed by atoms with van der Waals surface area (Å²) >= 11 is 3.59. The largest absolute Gasteiger partial charge is 0.471 e. The van der Waals surface area contributed by atoms with E-state index >= 15 is 0 Å². The first-order valence-corrected chi connectivity index (χ1v) is 10.8. The highest BCUT2D eigenvalue weighted by atomic mass is 79.9. The van der Waals surface area contributed by atoms with Gasteiger partial charge in [-0.15, -0.1) is 4.05 Å². The number of hydrogen-bond acceptors (Lipinski definition) is 2. The van der Waals surface area contributed by atoms with E-state index in [1.54, 1.807) is 0 Å². The van der Waals surface area contributed by atoms with Crippen LogP contribution in [0, 0.1) is 0 Å². The van der Waals surface area contributed by atoms with Gasteiger partial charge < -0.3 is 22.4 Å². The van der Waals surface area contributed by atoms with Crippen LogP contribution >= 0.6 is 12.9 Å². The summed E-state index contributed by atoms with van der Waals surface area (Å²) in [6.45, 7) is 4.13. The van der Waals surface area contributed by atoms with Crippen molar-refractivity contribution in [2.45, 2.75) is 30.4 Å². The molecule has 0 saturated heterocycles. The summed E-state index contributed by atoms with van der Waals surface area (Å²) in [5.41, 5.74) is 1.19. The maximum Gasteiger partial charge on any atom is 0.471 e. The van der Waals surface area contributed by atoms with Gasteiger partial charge in [0.1, 0.15) is 6.79 Å². The fourth-order valence-corrected chi connectivity index (χ4v) is 2.88. The van der Waals surface area contributed by atoms with Gasteiger partial charge in [0.15, 0.2) is 0 Å². The molecular weight excluding hydrogens is 292 g/mol. The van der Waals surface area contributed by atoms with Gasteiger partial charge in [0.2, 0.25) is 0 Å². The minimum absolute atomic E-state index is 0.0148. The van der Waals surface area contributed by atoms with Gasteiger partial charge >= 0.3 is 18.2 Å². The van der Waals surface area contributed by atoms with Crippen LogP contribution in [0.2, 0.25) is 4.05 Å². The molecule has 0 spiro atoms. The lowest BCUT2D eigenvalue weighted by atomic mass is 10.2. The predicted molar refractivity (Wildman–Crippen MR) is 75.4 cm³/mol. The molecule has 0 saturated carbocycles. The maximum absolute atomic E-state index is 5.43. The van der Waals surface area contributed by atoms with Crippen molar-refractivity contribution in [1.29, 1.82) is 0 Å². The van der Waals surface area contributed by atoms with Gasteiger partial charge in [-0.2, -0.15) is 0 Å². The number of hydrogen-bond donors (Lipinski definition) is 0. The average Bonchev–Trinajstić information content (AvgIpc) is 2.38. The number of benzene rings is 1. The summed E-state index contributed by atoms with van der Waals surface area (Å²) < 4.78 is 11.7. The van der Waals surface area contributed by atoms with Gasteiger partial charge in [-0.1, -0.05) is 43.7 Å². The molecule has 1 aromatic carbocycles. The highest BCUT2D eigenvalue weighted by Gasteiger charge is 2.02. The standard InChI is InChI=1S/C13H19O2.BrH.Mg/c1-2-3-7-10-14-12-15-11-13-8-5-4-6-9-13;;/h2,4-6,8-9H,3,7,10-12H2,1H3;1H;/q;;+1/p-1. The second-order valence-electron chi connectivity index (χ2n) is 4.26. The van der Waals surface area contributed by atoms with E-state index in [-0.39, 0.29) is 18.2 Å². The van der Waals surface area contributed by atoms with Crippen molar-refractivity contribution in [2.75, 3.05) is 13.4 Å². The highest BCUT2D eigenvalue weighted by Crippen LogP contribution is 2.12. The Bertz CT molecular complexity index is 282. The summed E-state index contributed by atoms with van der Waals surface area (Å²) in [5, 5.41) is 0. The quantitative estimate of drug-likeness (QED) is 0.392. The fraction of sp³-hybridized carbons (Fsp3) is 0.538. The van der Waals surface area contributed by atoms with Crippen molar-refractivity contribution in [2.24, 2.45) is 0 Å². The van der Waals surface area contributed by atoms with Crippen molar-refractivity contribution in [3.05, 3.63) is 35.9 Å². The third kappa shape index (κ3) is 8.16. The van der Waals surface area contributed by atoms with Crippen LogP contribution < -0.4 is 0 Å². The highest BCUT2D eigenvalue weighted by molar-refractivity contribution is 9.23. The zero-order chi connectivity index (χ0) is 12.3. The molecule has 1 atom stereocenters. The zero-order valence-corrected chi connectivity index (χ0v) is 13.4. The lowest BCUT2D eigenvalue weighted by molar-refractivity contribution is -0.0622. The molecular formula is C13H19BrMgO2. The topological polar surface area (TPSA) is 18.5 Å². The predicted octanol–water partition coefficient (Wildman–Crippen LogP) is 3.78. The van der Waals surface area contributed by atoms with Crippen molar-refractivity contribution in [1.82, 2.24) is 0 Å². The van der Waals surface area contributed by atoms with E-state index in [9.17, 15) is 0 Å². The molecule has 2 nitrogen and oxygen atoms in total. The summed E-state index contributed by atoms with van der Waals surface area (Å²) in [4.78, 5) is 0. The fourth-order valence-electron chi connectivity index (χ4n) is 1.46. The molecule has 0 aliphatic rings. The lowest BCUT2D eigenvalue weighted by Gasteiger charge is -2.08. The molecule has 17 heavy (non-hydrogen) atoms. The Hall–Kier alpha value is 0.386. The van der Waals surface area contributed by atoms with Crippen LogP contribution in [-0.2, 0) is 16.1 Å². The summed E-state index contributed by atoms with van der Waals surface area (Å²) in [7, 11) is 0. The minimum Gasteiger partial charge on any atom is -0.355 e. The lowest BCUT2D eigenvalue weighted by Crippen LogP contribution is -2.03. The minimum atomic E-state index is -0.0148. The molecule has 0 N–H and O–H groups in total. The average molecular weight is 312 g/mol. The summed E-state index contributed by atoms with van der Waals surface area (Å²) in [6.07, 6.45) is 2.39. The van der Waals surface area contributed by atoms with E-state index in [0.29, 0.717) is 13.4 Å². The molecule has 0 aromatic heterocycles. The van der Waals surface area contributed by atoms with Crippen LogP contribution in [0.4, 0.5) is 0 Å². The van der Waals surface area contributed by atoms with E-state index in [1.165, 1.54) is 12.0 Å². The molecule has 4 heteroatoms. The van der Waals surface area contributed by atoms with Crippen LogP contribution in [0.15, 0.2) is 30.3 Å². The SMILES string of the molecule is C[CH](CCCOCOCc1ccccc1)[Mg][Br]. The second kappa shape index (κ2) is 10.3. The van der Waals surface area contributed by atoms with Gasteiger partial charge in [-0.05, 0) is 12.0 Å². The Labute approximate surface area is 120 Å². The summed E-state index contributed by atoms with van der Waals surface area (Å²) in [6, 6.07) is 10.2. The monoisotopic (exact) mass is 310 g/mol. The van der Waals surface area contributed by atoms with Crippen LogP contribution in [0.5, 0.6) is 0 Å². The molecule has 0 fully saturated rings. The van der Waals surface area contributed by atoms with Crippen molar-refractivity contribution < 1.29 is 9.47 Å². The molecule has 1 unspecified atom stereocenters. The molecule has 0 bridgehead atoms. The molecule has 0 radical (unpaired) electrons. The Kier molecular flexibility index (Phi) is 9.38. The van der Waals surface area contributed by atoms with Crippen LogP contribution in [0.25, 0.3) is 0 Å². The first kappa shape index (κ1) is 15.4. The van der Waals surface area contributed by atoms with E-state index in [4.69, 9.17) is 9.47 Å². The van der Waals surface area contributed by atoms with Crippen LogP contribution in [0.3, 0.4) is 0 Å². The van der Waals surface area contributed by atoms with Gasteiger partial charge in [-0.3, -0.25) is 0 Å². The van der Waals surface area contributed by atoms with E-state index in [0.717, 1.165) is 17.1 Å². The van der Waals surface area contributed by atoms with Crippen LogP contribution in [-0.4, -0.2) is 31.6 Å². The molecule has 0 amide bonds. The first-order chi connectivity index (χ1) is 8.33. The van der Waals surface area contributed by atoms with Gasteiger partial charge in [0.05, 0.1) is 6.61 Å². The third-order valence-corrected chi connectivity index (χ3v) is 6.78. The molecule has 0 aliphatic carbocycles. The zero-order valence-electron chi connectivity index (χ0n) is 10.4. The van der Waals surface area contributed by atoms with E-state index in [2.05, 4.69) is 31.9 Å². The number of rotatable bonds is 9. The van der Waals surface area contributed by atoms with Crippen molar-refractivity contribution in [3.8, 4) is 0 Å². The van der Waals surface area contributed by atoms with Crippen molar-refractivity contribution in [3.63, 3.8) is 0 Å². The first-order valence-electron chi connectivity index (χ1n) is 6.08. The summed E-state index contributed by atoms with van der Waals surface area (Å²) in [5.74, 6) is 0. The third-order valence-electron chi connectivity index (χ3n) is 2.53. The Morgan fingerprint density at radius 3 is 2.71 bits per heavy atom. The smallest absolute Gasteiger partial charge is 0.355 e. The van der Waals surface area contributed by atoms with Crippen LogP contribution in [0.1, 0.15) is 25.3 Å². The second-order valence-corrected chi connectivity index (χ2v) is 7.91. The van der Waals surface area contributed by atoms with Crippen molar-refractivity contribution >= 4 is 31.1 Å². The van der Waals surface area contributed by atoms with E-state index in [1.807, 2.05) is 18.2 Å². The molecule has 0 heterocycles. The Balaban J connectivity index is 1.91. The van der Waals surface area contributed by atoms with Gasteiger partial charge in [-0.25, -0.2) is 0 Å². The number of halogens is 1. The Morgan fingerprint density at radius 1 is 1.24 bits per heavy atom. The molecule has 1 rings (SSSR count). The van der Waals surface area contributed by atoms with Gasteiger partial charge in [0.25, 0.3) is 0 Å².